The van der Waals surface area contributed by atoms with Gasteiger partial charge in [-0.25, -0.2) is 0 Å². The van der Waals surface area contributed by atoms with Crippen molar-refractivity contribution in [3.63, 3.8) is 0 Å². The summed E-state index contributed by atoms with van der Waals surface area (Å²) in [5, 5.41) is 21.7. The zero-order valence-corrected chi connectivity index (χ0v) is 22.8. The Morgan fingerprint density at radius 2 is 1.69 bits per heavy atom. The van der Waals surface area contributed by atoms with Crippen molar-refractivity contribution in [2.24, 2.45) is 46.3 Å². The Morgan fingerprint density at radius 3 is 2.37 bits per heavy atom. The highest BCUT2D eigenvalue weighted by Gasteiger charge is 2.62. The number of fused-ring (bicyclic) bond motifs is 5. The van der Waals surface area contributed by atoms with Crippen molar-refractivity contribution in [1.29, 1.82) is 0 Å². The normalized spacial score (nSPS) is 44.1. The Labute approximate surface area is 211 Å². The van der Waals surface area contributed by atoms with Crippen LogP contribution in [0.25, 0.3) is 0 Å². The van der Waals surface area contributed by atoms with Gasteiger partial charge in [-0.15, -0.1) is 0 Å². The van der Waals surface area contributed by atoms with Crippen LogP contribution < -0.4 is 0 Å². The Hall–Kier alpha value is -0.700. The van der Waals surface area contributed by atoms with E-state index in [1.165, 1.54) is 11.3 Å². The summed E-state index contributed by atoms with van der Waals surface area (Å²) >= 11 is 0. The molecule has 10 unspecified atom stereocenters. The third-order valence-electron chi connectivity index (χ3n) is 11.3. The fourth-order valence-electron chi connectivity index (χ4n) is 9.30. The fourth-order valence-corrected chi connectivity index (χ4v) is 9.80. The standard InChI is InChI=1S/C27H47NO6S/c1-17(5-8-24(31)28(4)13-14-35(32,33)34)20-6-7-21-25-22(10-12-27(20,21)3)26(2)11-9-19(29)15-18(26)16-23(25)30/h17-23,25,29-30H,5-16H2,1-4H3,(H,32,33,34). The summed E-state index contributed by atoms with van der Waals surface area (Å²) in [6.45, 7) is 7.14. The van der Waals surface area contributed by atoms with Crippen molar-refractivity contribution < 1.29 is 28.0 Å². The highest BCUT2D eigenvalue weighted by molar-refractivity contribution is 7.85. The van der Waals surface area contributed by atoms with Gasteiger partial charge >= 0.3 is 0 Å². The molecule has 4 rings (SSSR count). The first-order valence-corrected chi connectivity index (χ1v) is 15.4. The zero-order valence-electron chi connectivity index (χ0n) is 22.0. The van der Waals surface area contributed by atoms with E-state index in [-0.39, 0.29) is 35.5 Å². The van der Waals surface area contributed by atoms with Crippen LogP contribution in [-0.4, -0.2) is 65.5 Å². The molecule has 7 nitrogen and oxygen atoms in total. The summed E-state index contributed by atoms with van der Waals surface area (Å²) in [5.41, 5.74) is 0.409. The lowest BCUT2D eigenvalue weighted by Gasteiger charge is -2.62. The molecule has 0 heterocycles. The summed E-state index contributed by atoms with van der Waals surface area (Å²) in [6, 6.07) is 0. The van der Waals surface area contributed by atoms with Crippen LogP contribution in [0, 0.1) is 46.3 Å². The van der Waals surface area contributed by atoms with Crippen LogP contribution >= 0.6 is 0 Å². The van der Waals surface area contributed by atoms with Crippen LogP contribution in [0.15, 0.2) is 0 Å². The molecular weight excluding hydrogens is 466 g/mol. The first-order chi connectivity index (χ1) is 16.3. The number of hydrogen-bond donors (Lipinski definition) is 3. The van der Waals surface area contributed by atoms with Gasteiger partial charge < -0.3 is 15.1 Å². The van der Waals surface area contributed by atoms with Crippen LogP contribution in [0.2, 0.25) is 0 Å². The van der Waals surface area contributed by atoms with E-state index in [9.17, 15) is 23.4 Å². The van der Waals surface area contributed by atoms with Crippen LogP contribution in [0.4, 0.5) is 0 Å². The smallest absolute Gasteiger partial charge is 0.266 e. The van der Waals surface area contributed by atoms with Gasteiger partial charge in [-0.05, 0) is 104 Å². The fraction of sp³-hybridized carbons (Fsp3) is 0.963. The van der Waals surface area contributed by atoms with E-state index in [4.69, 9.17) is 4.55 Å². The summed E-state index contributed by atoms with van der Waals surface area (Å²) < 4.78 is 30.9. The molecule has 0 spiro atoms. The van der Waals surface area contributed by atoms with Gasteiger partial charge in [0.15, 0.2) is 0 Å². The van der Waals surface area contributed by atoms with Gasteiger partial charge in [0, 0.05) is 20.0 Å². The quantitative estimate of drug-likeness (QED) is 0.447. The molecule has 8 heteroatoms. The SMILES string of the molecule is CC(CCC(=O)N(C)CCS(=O)(=O)O)C1CCC2C3C(O)CC4CC(O)CCC4(C)C3CCC12C. The lowest BCUT2D eigenvalue weighted by Crippen LogP contribution is -2.58. The minimum Gasteiger partial charge on any atom is -0.393 e. The zero-order chi connectivity index (χ0) is 25.8. The van der Waals surface area contributed by atoms with Gasteiger partial charge in [-0.2, -0.15) is 8.42 Å². The number of aliphatic hydroxyl groups is 2. The average Bonchev–Trinajstić information content (AvgIpc) is 3.13. The Bertz CT molecular complexity index is 894. The van der Waals surface area contributed by atoms with Crippen molar-refractivity contribution in [2.75, 3.05) is 19.3 Å². The number of carbonyl (C=O) groups excluding carboxylic acids is 1. The van der Waals surface area contributed by atoms with Crippen LogP contribution in [0.5, 0.6) is 0 Å². The Kier molecular flexibility index (Phi) is 7.72. The lowest BCUT2D eigenvalue weighted by atomic mass is 9.43. The van der Waals surface area contributed by atoms with E-state index < -0.39 is 15.9 Å². The van der Waals surface area contributed by atoms with Gasteiger partial charge in [0.25, 0.3) is 10.1 Å². The molecule has 202 valence electrons. The van der Waals surface area contributed by atoms with E-state index in [1.54, 1.807) is 7.05 Å². The van der Waals surface area contributed by atoms with Crippen LogP contribution in [0.1, 0.15) is 85.0 Å². The second-order valence-corrected chi connectivity index (χ2v) is 14.6. The molecule has 0 radical (unpaired) electrons. The molecule has 4 aliphatic rings. The number of carbonyl (C=O) groups is 1. The summed E-state index contributed by atoms with van der Waals surface area (Å²) in [4.78, 5) is 14.0. The van der Waals surface area contributed by atoms with Crippen LogP contribution in [0.3, 0.4) is 0 Å². The molecule has 0 aromatic carbocycles. The maximum Gasteiger partial charge on any atom is 0.266 e. The predicted molar refractivity (Wildman–Crippen MR) is 135 cm³/mol. The molecule has 0 aromatic rings. The van der Waals surface area contributed by atoms with Gasteiger partial charge in [-0.1, -0.05) is 20.8 Å². The molecule has 4 saturated carbocycles. The topological polar surface area (TPSA) is 115 Å². The van der Waals surface area contributed by atoms with Crippen molar-refractivity contribution in [1.82, 2.24) is 4.90 Å². The van der Waals surface area contributed by atoms with E-state index in [0.29, 0.717) is 41.9 Å². The van der Waals surface area contributed by atoms with E-state index in [1.807, 2.05) is 0 Å². The molecular formula is C27H47NO6S. The number of rotatable bonds is 7. The molecule has 3 N–H and O–H groups in total. The molecule has 10 atom stereocenters. The first-order valence-electron chi connectivity index (χ1n) is 13.8. The maximum absolute atomic E-state index is 12.6. The number of hydrogen-bond acceptors (Lipinski definition) is 5. The molecule has 0 aromatic heterocycles. The monoisotopic (exact) mass is 513 g/mol. The van der Waals surface area contributed by atoms with E-state index in [0.717, 1.165) is 51.4 Å². The van der Waals surface area contributed by atoms with Crippen LogP contribution in [-0.2, 0) is 14.9 Å². The molecule has 35 heavy (non-hydrogen) atoms. The predicted octanol–water partition coefficient (Wildman–Crippen LogP) is 3.74. The number of aliphatic hydroxyl groups excluding tert-OH is 2. The average molecular weight is 514 g/mol. The summed E-state index contributed by atoms with van der Waals surface area (Å²) in [5.74, 6) is 2.21. The second-order valence-electron chi connectivity index (χ2n) is 13.1. The van der Waals surface area contributed by atoms with E-state index in [2.05, 4.69) is 20.8 Å². The Morgan fingerprint density at radius 1 is 1.03 bits per heavy atom. The highest BCUT2D eigenvalue weighted by atomic mass is 32.2. The minimum absolute atomic E-state index is 0.00696. The summed E-state index contributed by atoms with van der Waals surface area (Å²) in [6.07, 6.45) is 8.91. The third-order valence-corrected chi connectivity index (χ3v) is 12.0. The molecule has 0 bridgehead atoms. The Balaban J connectivity index is 1.40. The first kappa shape index (κ1) is 27.3. The second kappa shape index (κ2) is 9.88. The van der Waals surface area contributed by atoms with Crippen molar-refractivity contribution >= 4 is 16.0 Å². The maximum atomic E-state index is 12.6. The van der Waals surface area contributed by atoms with Crippen molar-refractivity contribution in [2.45, 2.75) is 97.2 Å². The van der Waals surface area contributed by atoms with Gasteiger partial charge in [-0.3, -0.25) is 9.35 Å². The van der Waals surface area contributed by atoms with Gasteiger partial charge in [0.05, 0.1) is 18.0 Å². The highest BCUT2D eigenvalue weighted by Crippen LogP contribution is 2.68. The molecule has 1 amide bonds. The molecule has 4 aliphatic carbocycles. The summed E-state index contributed by atoms with van der Waals surface area (Å²) in [7, 11) is -2.48. The molecule has 0 aliphatic heterocycles. The van der Waals surface area contributed by atoms with E-state index >= 15 is 0 Å². The van der Waals surface area contributed by atoms with Gasteiger partial charge in [0.2, 0.25) is 5.91 Å². The largest absolute Gasteiger partial charge is 0.393 e. The minimum atomic E-state index is -4.07. The molecule has 4 fully saturated rings. The number of nitrogens with zero attached hydrogens (tertiary/aromatic N) is 1. The third kappa shape index (κ3) is 5.19. The number of amides is 1. The van der Waals surface area contributed by atoms with Crippen molar-refractivity contribution in [3.05, 3.63) is 0 Å². The molecule has 0 saturated heterocycles. The van der Waals surface area contributed by atoms with Gasteiger partial charge in [0.1, 0.15) is 0 Å². The lowest BCUT2D eigenvalue weighted by molar-refractivity contribution is -0.174. The van der Waals surface area contributed by atoms with Crippen molar-refractivity contribution in [3.8, 4) is 0 Å².